The number of hydrogen-bond acceptors (Lipinski definition) is 4. The van der Waals surface area contributed by atoms with E-state index in [0.717, 1.165) is 0 Å². The first-order valence-corrected chi connectivity index (χ1v) is 4.58. The van der Waals surface area contributed by atoms with E-state index in [4.69, 9.17) is 0 Å². The monoisotopic (exact) mass is 288 g/mol. The average Bonchev–Trinajstić information content (AvgIpc) is 1.82. The van der Waals surface area contributed by atoms with Crippen LogP contribution in [0.4, 0.5) is 0 Å². The van der Waals surface area contributed by atoms with Gasteiger partial charge in [-0.1, -0.05) is 8.64 Å². The minimum absolute atomic E-state index is 0. The molecule has 12 heavy (non-hydrogen) atoms. The van der Waals surface area contributed by atoms with Crippen LogP contribution in [0.2, 0.25) is 0 Å². The molecule has 1 atom stereocenters. The predicted molar refractivity (Wildman–Crippen MR) is 60.5 cm³/mol. The third-order valence-electron chi connectivity index (χ3n) is 0.917. The van der Waals surface area contributed by atoms with Gasteiger partial charge in [0.1, 0.15) is 0 Å². The van der Waals surface area contributed by atoms with Crippen molar-refractivity contribution >= 4 is 58.3 Å². The molecule has 0 amide bonds. The molecule has 0 fully saturated rings. The number of hydrogen-bond donors (Lipinski definition) is 2. The van der Waals surface area contributed by atoms with Crippen LogP contribution in [0.1, 0.15) is 6.92 Å². The number of nitrogens with one attached hydrogen (secondary N) is 2. The van der Waals surface area contributed by atoms with Gasteiger partial charge in [0, 0.05) is 12.6 Å². The number of thiocarbonyl (C=S) groups is 2. The molecule has 0 radical (unpaired) electrons. The molecule has 1 unspecified atom stereocenters. The third-order valence-corrected chi connectivity index (χ3v) is 1.44. The van der Waals surface area contributed by atoms with Crippen LogP contribution < -0.4 is 10.6 Å². The van der Waals surface area contributed by atoms with Crippen LogP contribution in [0, 0.1) is 0 Å². The van der Waals surface area contributed by atoms with Gasteiger partial charge in [-0.25, -0.2) is 0 Å². The fraction of sp³-hybridized carbons (Fsp3) is 0.600. The summed E-state index contributed by atoms with van der Waals surface area (Å²) in [4.78, 5) is 0. The molecule has 0 bridgehead atoms. The molecular formula is C5H8N2S4Zn. The van der Waals surface area contributed by atoms with Crippen LogP contribution in [-0.4, -0.2) is 21.2 Å². The second-order valence-electron chi connectivity index (χ2n) is 2.00. The van der Waals surface area contributed by atoms with Gasteiger partial charge in [-0.2, -0.15) is 0 Å². The minimum Gasteiger partial charge on any atom is -0.412 e. The Bertz CT molecular complexity index is 164. The molecule has 7 heteroatoms. The van der Waals surface area contributed by atoms with E-state index >= 15 is 0 Å². The maximum Gasteiger partial charge on any atom is 2.00 e. The van der Waals surface area contributed by atoms with Crippen LogP contribution in [0.25, 0.3) is 0 Å². The van der Waals surface area contributed by atoms with Gasteiger partial charge < -0.3 is 60.3 Å². The normalized spacial score (nSPS) is 10.8. The van der Waals surface area contributed by atoms with Crippen LogP contribution in [0.15, 0.2) is 0 Å². The van der Waals surface area contributed by atoms with E-state index in [1.54, 1.807) is 0 Å². The first kappa shape index (κ1) is 15.3. The molecule has 0 aliphatic carbocycles. The zero-order valence-electron chi connectivity index (χ0n) is 6.62. The predicted octanol–water partition coefficient (Wildman–Crippen LogP) is 0.215. The summed E-state index contributed by atoms with van der Waals surface area (Å²) in [5.41, 5.74) is 0. The molecule has 0 heterocycles. The van der Waals surface area contributed by atoms with E-state index < -0.39 is 0 Å². The van der Waals surface area contributed by atoms with Crippen LogP contribution in [-0.2, 0) is 44.7 Å². The summed E-state index contributed by atoms with van der Waals surface area (Å²) in [6, 6.07) is 0.167. The van der Waals surface area contributed by atoms with Crippen molar-refractivity contribution in [3.8, 4) is 0 Å². The second kappa shape index (κ2) is 8.44. The molecule has 0 aliphatic heterocycles. The SMILES string of the molecule is CC(CNC(=S)[S-])NC(=S)[S-].[Zn+2]. The van der Waals surface area contributed by atoms with Crippen molar-refractivity contribution in [2.75, 3.05) is 6.54 Å². The molecule has 0 saturated heterocycles. The zero-order valence-corrected chi connectivity index (χ0v) is 12.9. The maximum absolute atomic E-state index is 4.67. The molecule has 64 valence electrons. The Morgan fingerprint density at radius 2 is 1.83 bits per heavy atom. The van der Waals surface area contributed by atoms with Gasteiger partial charge in [-0.15, -0.1) is 0 Å². The largest absolute Gasteiger partial charge is 2.00 e. The van der Waals surface area contributed by atoms with Crippen LogP contribution in [0.3, 0.4) is 0 Å². The van der Waals surface area contributed by atoms with Crippen molar-refractivity contribution in [3.63, 3.8) is 0 Å². The zero-order chi connectivity index (χ0) is 8.85. The van der Waals surface area contributed by atoms with E-state index in [-0.39, 0.29) is 25.5 Å². The standard InChI is InChI=1S/C5H10N2S4.Zn/c1-3(7-5(10)11)2-6-4(8)9;/h3H,2H2,1H3,(H2,6,8,9)(H2,7,10,11);/q;+2/p-2. The van der Waals surface area contributed by atoms with Crippen molar-refractivity contribution < 1.29 is 19.5 Å². The second-order valence-corrected chi connectivity index (χ2v) is 4.15. The maximum atomic E-state index is 4.67. The van der Waals surface area contributed by atoms with E-state index in [9.17, 15) is 0 Å². The van der Waals surface area contributed by atoms with Crippen molar-refractivity contribution in [1.82, 2.24) is 10.6 Å². The van der Waals surface area contributed by atoms with Gasteiger partial charge >= 0.3 is 19.5 Å². The van der Waals surface area contributed by atoms with Gasteiger partial charge in [0.2, 0.25) is 0 Å². The summed E-state index contributed by atoms with van der Waals surface area (Å²) < 4.78 is 0.739. The Labute approximate surface area is 107 Å². The van der Waals surface area contributed by atoms with Crippen molar-refractivity contribution in [2.45, 2.75) is 13.0 Å². The van der Waals surface area contributed by atoms with E-state index in [1.165, 1.54) is 0 Å². The summed E-state index contributed by atoms with van der Waals surface area (Å²) in [5, 5.41) is 5.70. The smallest absolute Gasteiger partial charge is 0.412 e. The summed E-state index contributed by atoms with van der Waals surface area (Å²) in [7, 11) is 0. The third kappa shape index (κ3) is 10.8. The fourth-order valence-electron chi connectivity index (χ4n) is 0.489. The molecule has 0 spiro atoms. The Morgan fingerprint density at radius 1 is 1.33 bits per heavy atom. The van der Waals surface area contributed by atoms with Gasteiger partial charge in [-0.3, -0.25) is 0 Å². The summed E-state index contributed by atoms with van der Waals surface area (Å²) in [6.07, 6.45) is 0. The molecule has 0 rings (SSSR count). The van der Waals surface area contributed by atoms with E-state index in [2.05, 4.69) is 60.3 Å². The van der Waals surface area contributed by atoms with Crippen molar-refractivity contribution in [1.29, 1.82) is 0 Å². The average molecular weight is 290 g/mol. The summed E-state index contributed by atoms with van der Waals surface area (Å²) >= 11 is 18.6. The van der Waals surface area contributed by atoms with Crippen LogP contribution >= 0.6 is 24.4 Å². The van der Waals surface area contributed by atoms with Crippen molar-refractivity contribution in [3.05, 3.63) is 0 Å². The molecule has 2 N–H and O–H groups in total. The fourth-order valence-corrected chi connectivity index (χ4v) is 1.06. The first-order chi connectivity index (χ1) is 5.02. The molecule has 0 saturated carbocycles. The molecule has 0 aliphatic rings. The quantitative estimate of drug-likeness (QED) is 0.438. The molecule has 0 aromatic carbocycles. The molecule has 0 aromatic rings. The summed E-state index contributed by atoms with van der Waals surface area (Å²) in [5.74, 6) is 0. The minimum atomic E-state index is 0. The van der Waals surface area contributed by atoms with Gasteiger partial charge in [-0.05, 0) is 6.92 Å². The Kier molecular flexibility index (Phi) is 10.8. The van der Waals surface area contributed by atoms with Gasteiger partial charge in [0.15, 0.2) is 0 Å². The van der Waals surface area contributed by atoms with E-state index in [1.807, 2.05) is 6.92 Å². The number of rotatable bonds is 3. The van der Waals surface area contributed by atoms with Crippen LogP contribution in [0.5, 0.6) is 0 Å². The molecule has 2 nitrogen and oxygen atoms in total. The molecular weight excluding hydrogens is 282 g/mol. The Hall–Kier alpha value is 0.843. The summed E-state index contributed by atoms with van der Waals surface area (Å²) in [6.45, 7) is 2.60. The Balaban J connectivity index is 0. The first-order valence-electron chi connectivity index (χ1n) is 2.94. The van der Waals surface area contributed by atoms with Gasteiger partial charge in [0.05, 0.1) is 0 Å². The molecule has 0 aromatic heterocycles. The van der Waals surface area contributed by atoms with E-state index in [0.29, 0.717) is 15.2 Å². The topological polar surface area (TPSA) is 24.1 Å². The van der Waals surface area contributed by atoms with Gasteiger partial charge in [0.25, 0.3) is 0 Å². The Morgan fingerprint density at radius 3 is 2.17 bits per heavy atom. The van der Waals surface area contributed by atoms with Crippen molar-refractivity contribution in [2.24, 2.45) is 0 Å².